The maximum Gasteiger partial charge on any atom is 0.375 e. The SMILES string of the molecule is C[C@@H]1CC2C3C[C@H](F)C4=CC(=O)C=C[C@]4(C)[C@@]3(F)[C@@H](O)C[C@]2(C)[C@@]1(OC(=O)c1ccco1)C(=O)S.C[C@@H]1CC2C3C[C@H](F)C4=CC(=O)C=C[C@]4(C)[C@@]3(F)[C@@H](O)C[C@]2(C)[C@@]1(OC(=O)c1ccco1)C(=O)SCC#CC1(O)CCCCC1. The second-order valence-electron chi connectivity index (χ2n) is 25.0. The number of aliphatic hydroxyl groups excluding tert-OH is 2. The number of ketones is 2. The highest BCUT2D eigenvalue weighted by molar-refractivity contribution is 8.14. The second-order valence-corrected chi connectivity index (χ2v) is 26.3. The number of fused-ring (bicyclic) bond motifs is 10. The normalized spacial score (nSPS) is 43.6. The van der Waals surface area contributed by atoms with Crippen LogP contribution in [0.2, 0.25) is 0 Å². The average molecular weight is 1150 g/mol. The smallest absolute Gasteiger partial charge is 0.375 e. The third-order valence-electron chi connectivity index (χ3n) is 21.2. The Morgan fingerprint density at radius 3 is 1.57 bits per heavy atom. The highest BCUT2D eigenvalue weighted by Crippen LogP contribution is 2.74. The molecular weight excluding hydrogens is 1080 g/mol. The fourth-order valence-corrected chi connectivity index (χ4v) is 18.8. The van der Waals surface area contributed by atoms with Crippen LogP contribution in [0, 0.1) is 69.0 Å². The summed E-state index contributed by atoms with van der Waals surface area (Å²) in [6, 6.07) is 5.86. The van der Waals surface area contributed by atoms with E-state index in [1.165, 1.54) is 74.9 Å². The number of carbonyl (C=O) groups excluding carboxylic acids is 6. The number of esters is 2. The third kappa shape index (κ3) is 8.19. The number of allylic oxidation sites excluding steroid dienone is 8. The summed E-state index contributed by atoms with van der Waals surface area (Å²) >= 11 is 4.98. The first-order valence-corrected chi connectivity index (χ1v) is 29.1. The molecule has 9 aliphatic rings. The van der Waals surface area contributed by atoms with Crippen LogP contribution in [0.4, 0.5) is 17.6 Å². The first-order chi connectivity index (χ1) is 37.5. The predicted molar refractivity (Wildman–Crippen MR) is 287 cm³/mol. The van der Waals surface area contributed by atoms with Crippen LogP contribution < -0.4 is 0 Å². The number of aliphatic hydroxyl groups is 3. The zero-order chi connectivity index (χ0) is 58.0. The fourth-order valence-electron chi connectivity index (χ4n) is 17.3. The Labute approximate surface area is 471 Å². The van der Waals surface area contributed by atoms with E-state index in [0.717, 1.165) is 43.2 Å². The molecule has 9 aliphatic carbocycles. The zero-order valence-electron chi connectivity index (χ0n) is 45.5. The van der Waals surface area contributed by atoms with E-state index in [2.05, 4.69) is 24.5 Å². The summed E-state index contributed by atoms with van der Waals surface area (Å²) in [6.45, 7) is 9.95. The number of hydrogen-bond donors (Lipinski definition) is 4. The molecule has 3 N–H and O–H groups in total. The lowest BCUT2D eigenvalue weighted by atomic mass is 9.44. The lowest BCUT2D eigenvalue weighted by Gasteiger charge is -2.63. The van der Waals surface area contributed by atoms with E-state index in [9.17, 15) is 44.1 Å². The maximum absolute atomic E-state index is 17.7. The van der Waals surface area contributed by atoms with Crippen molar-refractivity contribution >= 4 is 58.1 Å². The summed E-state index contributed by atoms with van der Waals surface area (Å²) in [5, 5.41) is 32.8. The van der Waals surface area contributed by atoms with Crippen LogP contribution in [0.3, 0.4) is 0 Å². The summed E-state index contributed by atoms with van der Waals surface area (Å²) in [6.07, 6.45) is 7.00. The van der Waals surface area contributed by atoms with Gasteiger partial charge in [-0.15, -0.1) is 12.6 Å². The van der Waals surface area contributed by atoms with E-state index in [0.29, 0.717) is 12.8 Å². The van der Waals surface area contributed by atoms with Crippen molar-refractivity contribution in [2.75, 3.05) is 5.75 Å². The molecule has 0 radical (unpaired) electrons. The van der Waals surface area contributed by atoms with Crippen molar-refractivity contribution in [3.05, 3.63) is 95.9 Å². The number of furan rings is 2. The van der Waals surface area contributed by atoms with E-state index in [1.54, 1.807) is 27.7 Å². The van der Waals surface area contributed by atoms with E-state index < -0.39 is 144 Å². The molecule has 0 aromatic carbocycles. The molecular formula is C61H68F4O13S2. The largest absolute Gasteiger partial charge is 0.457 e. The Bertz CT molecular complexity index is 3070. The van der Waals surface area contributed by atoms with Gasteiger partial charge in [0.1, 0.15) is 17.9 Å². The molecule has 2 aromatic rings. The van der Waals surface area contributed by atoms with Crippen molar-refractivity contribution in [2.24, 2.45) is 57.2 Å². The van der Waals surface area contributed by atoms with Crippen molar-refractivity contribution in [1.29, 1.82) is 0 Å². The zero-order valence-corrected chi connectivity index (χ0v) is 47.2. The third-order valence-corrected chi connectivity index (χ3v) is 22.4. The van der Waals surface area contributed by atoms with Gasteiger partial charge < -0.3 is 33.6 Å². The van der Waals surface area contributed by atoms with Crippen molar-refractivity contribution < 1.29 is 80.0 Å². The lowest BCUT2D eigenvalue weighted by molar-refractivity contribution is -0.221. The second kappa shape index (κ2) is 20.1. The molecule has 4 unspecified atom stereocenters. The fraction of sp³-hybridized carbons (Fsp3) is 0.607. The summed E-state index contributed by atoms with van der Waals surface area (Å²) in [4.78, 5) is 78.1. The molecule has 18 atom stereocenters. The van der Waals surface area contributed by atoms with Crippen molar-refractivity contribution in [3.63, 3.8) is 0 Å². The van der Waals surface area contributed by atoms with Crippen molar-refractivity contribution in [3.8, 4) is 11.8 Å². The monoisotopic (exact) mass is 1150 g/mol. The number of ether oxygens (including phenoxy) is 2. The first-order valence-electron chi connectivity index (χ1n) is 27.6. The maximum atomic E-state index is 17.7. The predicted octanol–water partition coefficient (Wildman–Crippen LogP) is 9.89. The molecule has 11 rings (SSSR count). The van der Waals surface area contributed by atoms with Gasteiger partial charge in [-0.1, -0.05) is 69.9 Å². The highest BCUT2D eigenvalue weighted by atomic mass is 32.2. The van der Waals surface area contributed by atoms with Crippen LogP contribution in [0.1, 0.15) is 133 Å². The van der Waals surface area contributed by atoms with Gasteiger partial charge in [-0.3, -0.25) is 19.2 Å². The van der Waals surface area contributed by atoms with E-state index in [1.807, 2.05) is 0 Å². The number of hydrogen-bond acceptors (Lipinski definition) is 14. The van der Waals surface area contributed by atoms with Crippen LogP contribution in [0.15, 0.2) is 93.2 Å². The molecule has 0 bridgehead atoms. The quantitative estimate of drug-likeness (QED) is 0.0881. The van der Waals surface area contributed by atoms with E-state index >= 15 is 17.6 Å². The highest BCUT2D eigenvalue weighted by Gasteiger charge is 2.80. The Morgan fingerprint density at radius 1 is 0.700 bits per heavy atom. The van der Waals surface area contributed by atoms with Gasteiger partial charge in [0.15, 0.2) is 34.1 Å². The number of rotatable bonds is 7. The standard InChI is InChI=1S/C35H40F2O7S.C26H28F2O6S/c1-21-17-23-24-19-26(36)25-18-22(38)10-14-31(25,2)34(24,37)28(39)20-32(23,3)35(21,44-29(40)27-9-7-15-43-27)30(41)45-16-8-13-33(42)11-5-4-6-12-33;1-13-9-15-16-11-18(27)17-10-14(29)6-7-23(17,2)25(16,28)20(30)12-24(15,3)26(13,22(32)35)34-21(31)19-5-4-8-33-19/h7,9-10,14-15,18,21,23-24,26,28,39,42H,4-6,11-12,16-17,19-20H2,1-3H3;4-8,10,13,15-16,18,20,30H,9,11-12H2,1-3H3,(H,32,35)/t21-,23?,24?,26+,28+,31+,32+,34+,35+;13-,15?,16?,18+,20+,23+,24+,25+,26+/m11/s1. The summed E-state index contributed by atoms with van der Waals surface area (Å²) < 4.78 is 88.9. The van der Waals surface area contributed by atoms with Gasteiger partial charge in [-0.05, 0) is 150 Å². The number of halogens is 4. The molecule has 80 heavy (non-hydrogen) atoms. The molecule has 19 heteroatoms. The van der Waals surface area contributed by atoms with Crippen LogP contribution in [-0.4, -0.2) is 108 Å². The van der Waals surface area contributed by atoms with Crippen LogP contribution in [0.5, 0.6) is 0 Å². The number of carbonyl (C=O) groups is 6. The molecule has 7 fully saturated rings. The first kappa shape index (κ1) is 58.2. The molecule has 2 heterocycles. The molecule has 2 aromatic heterocycles. The molecule has 0 saturated heterocycles. The van der Waals surface area contributed by atoms with Crippen molar-refractivity contribution in [2.45, 2.75) is 165 Å². The van der Waals surface area contributed by atoms with Crippen LogP contribution in [0.25, 0.3) is 0 Å². The summed E-state index contributed by atoms with van der Waals surface area (Å²) in [7, 11) is 0. The number of alkyl halides is 4. The Kier molecular flexibility index (Phi) is 14.6. The van der Waals surface area contributed by atoms with Gasteiger partial charge in [-0.25, -0.2) is 27.2 Å². The molecule has 0 aliphatic heterocycles. The van der Waals surface area contributed by atoms with Crippen LogP contribution in [-0.2, 0) is 28.7 Å². The van der Waals surface area contributed by atoms with Gasteiger partial charge in [0, 0.05) is 45.3 Å². The number of thiol groups is 1. The minimum atomic E-state index is -2.33. The minimum absolute atomic E-state index is 0.0165. The van der Waals surface area contributed by atoms with Gasteiger partial charge in [0.25, 0.3) is 0 Å². The van der Waals surface area contributed by atoms with Gasteiger partial charge in [0.05, 0.1) is 30.5 Å². The number of thioether (sulfide) groups is 1. The Balaban J connectivity index is 0.000000186. The lowest BCUT2D eigenvalue weighted by Crippen LogP contribution is -2.70. The van der Waals surface area contributed by atoms with E-state index in [-0.39, 0.29) is 66.9 Å². The molecule has 0 spiro atoms. The van der Waals surface area contributed by atoms with E-state index in [4.69, 9.17) is 18.3 Å². The molecule has 7 saturated carbocycles. The van der Waals surface area contributed by atoms with Gasteiger partial charge in [0.2, 0.25) is 21.8 Å². The Hall–Kier alpha value is -5.00. The Morgan fingerprint density at radius 2 is 1.14 bits per heavy atom. The van der Waals surface area contributed by atoms with Gasteiger partial charge in [-0.2, -0.15) is 0 Å². The average Bonchev–Trinajstić information content (AvgIpc) is 4.39. The van der Waals surface area contributed by atoms with Crippen LogP contribution >= 0.6 is 24.4 Å². The molecule has 0 amide bonds. The molecule has 13 nitrogen and oxygen atoms in total. The summed E-state index contributed by atoms with van der Waals surface area (Å²) in [5.41, 5.74) is -14.9. The van der Waals surface area contributed by atoms with Gasteiger partial charge >= 0.3 is 11.9 Å². The topological polar surface area (TPSA) is 208 Å². The summed E-state index contributed by atoms with van der Waals surface area (Å²) in [5.74, 6) is -1.38. The minimum Gasteiger partial charge on any atom is -0.457 e. The molecule has 430 valence electrons. The van der Waals surface area contributed by atoms with Crippen molar-refractivity contribution in [1.82, 2.24) is 0 Å².